The van der Waals surface area contributed by atoms with Crippen molar-refractivity contribution in [3.05, 3.63) is 24.3 Å². The fourth-order valence-corrected chi connectivity index (χ4v) is 2.30. The Kier molecular flexibility index (Phi) is 4.88. The Labute approximate surface area is 109 Å². The summed E-state index contributed by atoms with van der Waals surface area (Å²) in [5.74, 6) is 1.38. The average molecular weight is 249 g/mol. The molecule has 100 valence electrons. The van der Waals surface area contributed by atoms with Gasteiger partial charge in [0.25, 0.3) is 0 Å². The van der Waals surface area contributed by atoms with E-state index < -0.39 is 0 Å². The summed E-state index contributed by atoms with van der Waals surface area (Å²) in [6.45, 7) is 5.27. The van der Waals surface area contributed by atoms with E-state index in [9.17, 15) is 0 Å². The fourth-order valence-electron chi connectivity index (χ4n) is 2.30. The van der Waals surface area contributed by atoms with Crippen LogP contribution < -0.4 is 9.64 Å². The van der Waals surface area contributed by atoms with Crippen LogP contribution in [0, 0.1) is 5.92 Å². The third-order valence-electron chi connectivity index (χ3n) is 3.51. The van der Waals surface area contributed by atoms with E-state index in [0.29, 0.717) is 12.5 Å². The number of rotatable bonds is 6. The molecule has 0 aliphatic carbocycles. The van der Waals surface area contributed by atoms with Crippen molar-refractivity contribution in [3.63, 3.8) is 0 Å². The van der Waals surface area contributed by atoms with Crippen molar-refractivity contribution >= 4 is 5.69 Å². The van der Waals surface area contributed by atoms with Gasteiger partial charge >= 0.3 is 0 Å². The molecule has 1 heterocycles. The molecule has 1 aromatic carbocycles. The Balaban J connectivity index is 1.87. The highest BCUT2D eigenvalue weighted by molar-refractivity contribution is 5.49. The first-order chi connectivity index (χ1) is 8.83. The maximum Gasteiger partial charge on any atom is 0.119 e. The first-order valence-corrected chi connectivity index (χ1v) is 6.92. The fraction of sp³-hybridized carbons (Fsp3) is 0.600. The van der Waals surface area contributed by atoms with Crippen LogP contribution in [0.25, 0.3) is 0 Å². The molecule has 0 amide bonds. The number of aliphatic hydroxyl groups is 1. The lowest BCUT2D eigenvalue weighted by atomic mass is 10.1. The molecule has 1 fully saturated rings. The van der Waals surface area contributed by atoms with E-state index in [-0.39, 0.29) is 0 Å². The van der Waals surface area contributed by atoms with Gasteiger partial charge in [-0.2, -0.15) is 0 Å². The molecule has 1 N–H and O–H groups in total. The van der Waals surface area contributed by atoms with E-state index in [2.05, 4.69) is 24.0 Å². The average Bonchev–Trinajstić information content (AvgIpc) is 2.89. The zero-order valence-electron chi connectivity index (χ0n) is 11.1. The molecule has 1 unspecified atom stereocenters. The molecule has 0 saturated carbocycles. The van der Waals surface area contributed by atoms with Crippen molar-refractivity contribution in [1.82, 2.24) is 0 Å². The minimum atomic E-state index is 0.300. The quantitative estimate of drug-likeness (QED) is 0.787. The van der Waals surface area contributed by atoms with Gasteiger partial charge in [0, 0.05) is 31.3 Å². The highest BCUT2D eigenvalue weighted by Crippen LogP contribution is 2.25. The van der Waals surface area contributed by atoms with Crippen molar-refractivity contribution in [1.29, 1.82) is 0 Å². The molecule has 0 radical (unpaired) electrons. The molecular weight excluding hydrogens is 226 g/mol. The Morgan fingerprint density at radius 2 is 2.11 bits per heavy atom. The van der Waals surface area contributed by atoms with Gasteiger partial charge in [-0.05, 0) is 37.1 Å². The first kappa shape index (κ1) is 13.2. The van der Waals surface area contributed by atoms with Gasteiger partial charge in [-0.3, -0.25) is 0 Å². The third-order valence-corrected chi connectivity index (χ3v) is 3.51. The van der Waals surface area contributed by atoms with Crippen molar-refractivity contribution in [3.8, 4) is 5.75 Å². The van der Waals surface area contributed by atoms with E-state index in [4.69, 9.17) is 9.84 Å². The van der Waals surface area contributed by atoms with E-state index in [1.165, 1.54) is 5.69 Å². The third kappa shape index (κ3) is 3.39. The van der Waals surface area contributed by atoms with E-state index >= 15 is 0 Å². The summed E-state index contributed by atoms with van der Waals surface area (Å²) in [4.78, 5) is 2.33. The van der Waals surface area contributed by atoms with Crippen molar-refractivity contribution in [2.45, 2.75) is 26.2 Å². The molecule has 2 rings (SSSR count). The number of hydrogen-bond acceptors (Lipinski definition) is 3. The van der Waals surface area contributed by atoms with Crippen LogP contribution in [0.1, 0.15) is 26.2 Å². The van der Waals surface area contributed by atoms with Crippen molar-refractivity contribution < 1.29 is 9.84 Å². The second-order valence-electron chi connectivity index (χ2n) is 4.98. The summed E-state index contributed by atoms with van der Waals surface area (Å²) < 4.78 is 5.65. The Morgan fingerprint density at radius 1 is 1.33 bits per heavy atom. The van der Waals surface area contributed by atoms with Crippen LogP contribution in [0.3, 0.4) is 0 Å². The molecule has 1 aliphatic heterocycles. The predicted octanol–water partition coefficient (Wildman–Crippen LogP) is 2.68. The van der Waals surface area contributed by atoms with Crippen LogP contribution >= 0.6 is 0 Å². The number of unbranched alkanes of at least 4 members (excludes halogenated alkanes) is 1. The minimum Gasteiger partial charge on any atom is -0.494 e. The van der Waals surface area contributed by atoms with E-state index in [1.807, 2.05) is 12.1 Å². The summed E-state index contributed by atoms with van der Waals surface area (Å²) in [5, 5.41) is 9.15. The van der Waals surface area contributed by atoms with E-state index in [0.717, 1.165) is 44.7 Å². The molecule has 1 saturated heterocycles. The SMILES string of the molecule is CCCCOc1ccc(N2CCC(CO)C2)cc1. The minimum absolute atomic E-state index is 0.300. The van der Waals surface area contributed by atoms with Gasteiger partial charge in [-0.25, -0.2) is 0 Å². The van der Waals surface area contributed by atoms with Gasteiger partial charge in [-0.1, -0.05) is 13.3 Å². The van der Waals surface area contributed by atoms with Gasteiger partial charge in [0.2, 0.25) is 0 Å². The normalized spacial score (nSPS) is 19.2. The summed E-state index contributed by atoms with van der Waals surface area (Å²) in [6.07, 6.45) is 3.35. The predicted molar refractivity (Wildman–Crippen MR) is 74.3 cm³/mol. The molecule has 0 aromatic heterocycles. The lowest BCUT2D eigenvalue weighted by molar-refractivity contribution is 0.238. The highest BCUT2D eigenvalue weighted by atomic mass is 16.5. The highest BCUT2D eigenvalue weighted by Gasteiger charge is 2.21. The van der Waals surface area contributed by atoms with Crippen LogP contribution in [0.15, 0.2) is 24.3 Å². The molecule has 0 spiro atoms. The Hall–Kier alpha value is -1.22. The van der Waals surface area contributed by atoms with Crippen LogP contribution in [0.2, 0.25) is 0 Å². The van der Waals surface area contributed by atoms with E-state index in [1.54, 1.807) is 0 Å². The van der Waals surface area contributed by atoms with Crippen molar-refractivity contribution in [2.75, 3.05) is 31.2 Å². The Morgan fingerprint density at radius 3 is 2.72 bits per heavy atom. The first-order valence-electron chi connectivity index (χ1n) is 6.92. The number of aliphatic hydroxyl groups excluding tert-OH is 1. The summed E-state index contributed by atoms with van der Waals surface area (Å²) in [6, 6.07) is 8.30. The molecule has 1 aromatic rings. The largest absolute Gasteiger partial charge is 0.494 e. The van der Waals surface area contributed by atoms with Gasteiger partial charge in [-0.15, -0.1) is 0 Å². The number of nitrogens with zero attached hydrogens (tertiary/aromatic N) is 1. The van der Waals surface area contributed by atoms with Gasteiger partial charge in [0.1, 0.15) is 5.75 Å². The number of benzene rings is 1. The second kappa shape index (κ2) is 6.64. The Bertz CT molecular complexity index is 350. The van der Waals surface area contributed by atoms with Crippen LogP contribution in [0.4, 0.5) is 5.69 Å². The monoisotopic (exact) mass is 249 g/mol. The number of anilines is 1. The lowest BCUT2D eigenvalue weighted by Gasteiger charge is -2.18. The molecule has 1 aliphatic rings. The summed E-state index contributed by atoms with van der Waals surface area (Å²) in [5.41, 5.74) is 1.23. The summed E-state index contributed by atoms with van der Waals surface area (Å²) in [7, 11) is 0. The molecule has 0 bridgehead atoms. The smallest absolute Gasteiger partial charge is 0.119 e. The number of hydrogen-bond donors (Lipinski definition) is 1. The maximum absolute atomic E-state index is 9.15. The molecule has 18 heavy (non-hydrogen) atoms. The standard InChI is InChI=1S/C15H23NO2/c1-2-3-10-18-15-6-4-14(5-7-15)16-9-8-13(11-16)12-17/h4-7,13,17H,2-3,8-12H2,1H3. The van der Waals surface area contributed by atoms with Gasteiger partial charge < -0.3 is 14.7 Å². The van der Waals surface area contributed by atoms with Crippen LogP contribution in [-0.2, 0) is 0 Å². The van der Waals surface area contributed by atoms with Gasteiger partial charge in [0.05, 0.1) is 6.61 Å². The summed E-state index contributed by atoms with van der Waals surface area (Å²) >= 11 is 0. The zero-order chi connectivity index (χ0) is 12.8. The van der Waals surface area contributed by atoms with Crippen molar-refractivity contribution in [2.24, 2.45) is 5.92 Å². The molecule has 1 atom stereocenters. The topological polar surface area (TPSA) is 32.7 Å². The molecular formula is C15H23NO2. The van der Waals surface area contributed by atoms with Crippen LogP contribution in [0.5, 0.6) is 5.75 Å². The number of ether oxygens (including phenoxy) is 1. The second-order valence-corrected chi connectivity index (χ2v) is 4.98. The van der Waals surface area contributed by atoms with Gasteiger partial charge in [0.15, 0.2) is 0 Å². The molecule has 3 nitrogen and oxygen atoms in total. The van der Waals surface area contributed by atoms with Crippen LogP contribution in [-0.4, -0.2) is 31.4 Å². The zero-order valence-corrected chi connectivity index (χ0v) is 11.1. The molecule has 3 heteroatoms. The lowest BCUT2D eigenvalue weighted by Crippen LogP contribution is -2.20. The maximum atomic E-state index is 9.15.